The lowest BCUT2D eigenvalue weighted by molar-refractivity contribution is 0.115. The average molecular weight is 289 g/mol. The van der Waals surface area contributed by atoms with E-state index in [-0.39, 0.29) is 12.6 Å². The third-order valence-electron chi connectivity index (χ3n) is 3.67. The van der Waals surface area contributed by atoms with Crippen LogP contribution in [-0.2, 0) is 13.0 Å². The van der Waals surface area contributed by atoms with Crippen molar-refractivity contribution in [3.05, 3.63) is 58.3 Å². The number of hydrogen-bond acceptors (Lipinski definition) is 3. The minimum atomic E-state index is 0.233. The summed E-state index contributed by atoms with van der Waals surface area (Å²) in [5.41, 5.74) is 1.36. The molecule has 0 unspecified atom stereocenters. The van der Waals surface area contributed by atoms with Gasteiger partial charge in [-0.25, -0.2) is 0 Å². The summed E-state index contributed by atoms with van der Waals surface area (Å²) >= 11 is 1.79. The highest BCUT2D eigenvalue weighted by Crippen LogP contribution is 2.16. The third kappa shape index (κ3) is 4.44. The molecule has 108 valence electrons. The van der Waals surface area contributed by atoms with Crippen molar-refractivity contribution < 1.29 is 5.11 Å². The molecule has 0 fully saturated rings. The Morgan fingerprint density at radius 1 is 1.15 bits per heavy atom. The fourth-order valence-corrected chi connectivity index (χ4v) is 3.14. The fourth-order valence-electron chi connectivity index (χ4n) is 2.41. The zero-order valence-electron chi connectivity index (χ0n) is 12.0. The molecular weight excluding hydrogens is 266 g/mol. The first-order valence-electron chi connectivity index (χ1n) is 7.24. The Labute approximate surface area is 125 Å². The first-order chi connectivity index (χ1) is 9.83. The molecule has 0 bridgehead atoms. The van der Waals surface area contributed by atoms with E-state index in [9.17, 15) is 5.11 Å². The zero-order valence-corrected chi connectivity index (χ0v) is 12.9. The first-order valence-corrected chi connectivity index (χ1v) is 8.12. The number of benzene rings is 1. The summed E-state index contributed by atoms with van der Waals surface area (Å²) < 4.78 is 0. The molecule has 0 saturated carbocycles. The highest BCUT2D eigenvalue weighted by Gasteiger charge is 2.16. The van der Waals surface area contributed by atoms with Crippen molar-refractivity contribution in [3.63, 3.8) is 0 Å². The SMILES string of the molecule is CC[C@H](CO)N(CCc1ccccc1)Cc1cccs1. The van der Waals surface area contributed by atoms with Crippen LogP contribution in [0.3, 0.4) is 0 Å². The van der Waals surface area contributed by atoms with Gasteiger partial charge in [0.05, 0.1) is 6.61 Å². The summed E-state index contributed by atoms with van der Waals surface area (Å²) in [4.78, 5) is 3.77. The van der Waals surface area contributed by atoms with Crippen molar-refractivity contribution in [3.8, 4) is 0 Å². The Balaban J connectivity index is 1.98. The molecule has 0 spiro atoms. The second kappa shape index (κ2) is 8.20. The molecule has 3 heteroatoms. The lowest BCUT2D eigenvalue weighted by Crippen LogP contribution is -2.38. The summed E-state index contributed by atoms with van der Waals surface area (Å²) in [7, 11) is 0. The highest BCUT2D eigenvalue weighted by atomic mass is 32.1. The van der Waals surface area contributed by atoms with Gasteiger partial charge in [-0.3, -0.25) is 4.90 Å². The van der Waals surface area contributed by atoms with Crippen molar-refractivity contribution in [2.45, 2.75) is 32.4 Å². The molecule has 0 saturated heterocycles. The maximum Gasteiger partial charge on any atom is 0.0586 e. The largest absolute Gasteiger partial charge is 0.395 e. The molecule has 1 aromatic carbocycles. The summed E-state index contributed by atoms with van der Waals surface area (Å²) in [6.07, 6.45) is 2.01. The van der Waals surface area contributed by atoms with E-state index in [2.05, 4.69) is 59.7 Å². The van der Waals surface area contributed by atoms with E-state index >= 15 is 0 Å². The average Bonchev–Trinajstić information content (AvgIpc) is 3.00. The van der Waals surface area contributed by atoms with Crippen LogP contribution in [-0.4, -0.2) is 29.2 Å². The van der Waals surface area contributed by atoms with Crippen LogP contribution < -0.4 is 0 Å². The van der Waals surface area contributed by atoms with E-state index in [0.29, 0.717) is 0 Å². The Hall–Kier alpha value is -1.16. The van der Waals surface area contributed by atoms with Gasteiger partial charge >= 0.3 is 0 Å². The Morgan fingerprint density at radius 2 is 1.95 bits per heavy atom. The van der Waals surface area contributed by atoms with Gasteiger partial charge in [0, 0.05) is 24.0 Å². The predicted octanol–water partition coefficient (Wildman–Crippen LogP) is 3.56. The minimum absolute atomic E-state index is 0.233. The Morgan fingerprint density at radius 3 is 2.55 bits per heavy atom. The Kier molecular flexibility index (Phi) is 6.25. The van der Waals surface area contributed by atoms with Gasteiger partial charge < -0.3 is 5.11 Å². The lowest BCUT2D eigenvalue weighted by atomic mass is 10.1. The molecule has 1 N–H and O–H groups in total. The molecule has 1 atom stereocenters. The second-order valence-electron chi connectivity index (χ2n) is 5.03. The van der Waals surface area contributed by atoms with Crippen molar-refractivity contribution in [1.82, 2.24) is 4.90 Å². The molecule has 0 amide bonds. The highest BCUT2D eigenvalue weighted by molar-refractivity contribution is 7.09. The quantitative estimate of drug-likeness (QED) is 0.803. The summed E-state index contributed by atoms with van der Waals surface area (Å²) in [6.45, 7) is 4.30. The smallest absolute Gasteiger partial charge is 0.0586 e. The zero-order chi connectivity index (χ0) is 14.2. The Bertz CT molecular complexity index is 465. The lowest BCUT2D eigenvalue weighted by Gasteiger charge is -2.29. The molecule has 0 radical (unpaired) electrons. The summed E-state index contributed by atoms with van der Waals surface area (Å²) in [6, 6.07) is 15.1. The van der Waals surface area contributed by atoms with Crippen LogP contribution in [0.4, 0.5) is 0 Å². The standard InChI is InChI=1S/C17H23NOS/c1-2-16(14-19)18(13-17-9-6-12-20-17)11-10-15-7-4-3-5-8-15/h3-9,12,16,19H,2,10-11,13-14H2,1H3/t16-/m1/s1. The van der Waals surface area contributed by atoms with Gasteiger partial charge in [-0.2, -0.15) is 0 Å². The molecule has 20 heavy (non-hydrogen) atoms. The van der Waals surface area contributed by atoms with Gasteiger partial charge in [0.25, 0.3) is 0 Å². The normalized spacial score (nSPS) is 12.8. The van der Waals surface area contributed by atoms with Crippen molar-refractivity contribution in [2.24, 2.45) is 0 Å². The van der Waals surface area contributed by atoms with Crippen LogP contribution in [0.15, 0.2) is 47.8 Å². The van der Waals surface area contributed by atoms with E-state index in [4.69, 9.17) is 0 Å². The van der Waals surface area contributed by atoms with E-state index in [1.54, 1.807) is 11.3 Å². The predicted molar refractivity (Wildman–Crippen MR) is 86.0 cm³/mol. The number of aliphatic hydroxyl groups is 1. The van der Waals surface area contributed by atoms with Gasteiger partial charge in [-0.05, 0) is 29.9 Å². The molecule has 2 rings (SSSR count). The van der Waals surface area contributed by atoms with Crippen molar-refractivity contribution in [2.75, 3.05) is 13.2 Å². The maximum absolute atomic E-state index is 9.58. The summed E-state index contributed by atoms with van der Waals surface area (Å²) in [5.74, 6) is 0. The van der Waals surface area contributed by atoms with Crippen LogP contribution in [0.1, 0.15) is 23.8 Å². The van der Waals surface area contributed by atoms with Crippen molar-refractivity contribution in [1.29, 1.82) is 0 Å². The van der Waals surface area contributed by atoms with E-state index in [1.807, 2.05) is 0 Å². The van der Waals surface area contributed by atoms with E-state index in [0.717, 1.165) is 25.9 Å². The van der Waals surface area contributed by atoms with Crippen LogP contribution in [0, 0.1) is 0 Å². The van der Waals surface area contributed by atoms with Crippen LogP contribution in [0.2, 0.25) is 0 Å². The molecule has 0 aliphatic rings. The van der Waals surface area contributed by atoms with Gasteiger partial charge in [-0.1, -0.05) is 43.3 Å². The van der Waals surface area contributed by atoms with Crippen molar-refractivity contribution >= 4 is 11.3 Å². The number of rotatable bonds is 8. The molecule has 0 aliphatic carbocycles. The third-order valence-corrected chi connectivity index (χ3v) is 4.53. The minimum Gasteiger partial charge on any atom is -0.395 e. The van der Waals surface area contributed by atoms with Gasteiger partial charge in [0.2, 0.25) is 0 Å². The topological polar surface area (TPSA) is 23.5 Å². The second-order valence-corrected chi connectivity index (χ2v) is 6.06. The van der Waals surface area contributed by atoms with E-state index in [1.165, 1.54) is 10.4 Å². The molecule has 2 nitrogen and oxygen atoms in total. The number of aliphatic hydroxyl groups excluding tert-OH is 1. The van der Waals surface area contributed by atoms with Crippen LogP contribution in [0.5, 0.6) is 0 Å². The maximum atomic E-state index is 9.58. The summed E-state index contributed by atoms with van der Waals surface area (Å²) in [5, 5.41) is 11.7. The molecule has 1 heterocycles. The molecular formula is C17H23NOS. The number of nitrogens with zero attached hydrogens (tertiary/aromatic N) is 1. The van der Waals surface area contributed by atoms with Gasteiger partial charge in [-0.15, -0.1) is 11.3 Å². The number of hydrogen-bond donors (Lipinski definition) is 1. The van der Waals surface area contributed by atoms with Crippen LogP contribution >= 0.6 is 11.3 Å². The number of thiophene rings is 1. The fraction of sp³-hybridized carbons (Fsp3) is 0.412. The molecule has 2 aromatic rings. The van der Waals surface area contributed by atoms with E-state index < -0.39 is 0 Å². The molecule has 1 aromatic heterocycles. The van der Waals surface area contributed by atoms with Crippen LogP contribution in [0.25, 0.3) is 0 Å². The van der Waals surface area contributed by atoms with Gasteiger partial charge in [0.15, 0.2) is 0 Å². The molecule has 0 aliphatic heterocycles. The first kappa shape index (κ1) is 15.2. The monoisotopic (exact) mass is 289 g/mol. The van der Waals surface area contributed by atoms with Gasteiger partial charge in [0.1, 0.15) is 0 Å².